The fraction of sp³-hybridized carbons (Fsp3) is 0.375. The third-order valence-electron chi connectivity index (χ3n) is 4.00. The second kappa shape index (κ2) is 6.36. The Kier molecular flexibility index (Phi) is 4.29. The lowest BCUT2D eigenvalue weighted by molar-refractivity contribution is 0.249. The summed E-state index contributed by atoms with van der Waals surface area (Å²) in [7, 11) is 0. The minimum atomic E-state index is -0.775. The van der Waals surface area contributed by atoms with Crippen molar-refractivity contribution in [1.29, 1.82) is 0 Å². The third kappa shape index (κ3) is 3.39. The van der Waals surface area contributed by atoms with Gasteiger partial charge in [0.25, 0.3) is 0 Å². The summed E-state index contributed by atoms with van der Waals surface area (Å²) < 4.78 is 26.4. The zero-order valence-electron chi connectivity index (χ0n) is 12.5. The van der Waals surface area contributed by atoms with Crippen molar-refractivity contribution >= 4 is 5.69 Å². The summed E-state index contributed by atoms with van der Waals surface area (Å²) in [5.74, 6) is -1.55. The Hall–Kier alpha value is -2.08. The molecule has 0 bridgehead atoms. The van der Waals surface area contributed by atoms with Crippen LogP contribution >= 0.6 is 0 Å². The van der Waals surface area contributed by atoms with E-state index >= 15 is 0 Å². The van der Waals surface area contributed by atoms with Gasteiger partial charge >= 0.3 is 0 Å². The van der Waals surface area contributed by atoms with Crippen molar-refractivity contribution in [3.8, 4) is 0 Å². The van der Waals surface area contributed by atoms with Crippen LogP contribution in [0.15, 0.2) is 30.5 Å². The monoisotopic (exact) mass is 304 g/mol. The maximum Gasteiger partial charge on any atom is 0.217 e. The van der Waals surface area contributed by atoms with Gasteiger partial charge in [0, 0.05) is 62.4 Å². The third-order valence-corrected chi connectivity index (χ3v) is 4.00. The molecule has 3 heterocycles. The van der Waals surface area contributed by atoms with E-state index in [1.54, 1.807) is 6.20 Å². The molecule has 0 atom stereocenters. The molecule has 0 amide bonds. The van der Waals surface area contributed by atoms with Crippen LogP contribution in [0.2, 0.25) is 0 Å². The molecule has 0 radical (unpaired) electrons. The van der Waals surface area contributed by atoms with Gasteiger partial charge in [-0.05, 0) is 18.6 Å². The minimum Gasteiger partial charge on any atom is -0.369 e. The molecule has 1 aliphatic heterocycles. The molecule has 2 aromatic heterocycles. The first-order valence-corrected chi connectivity index (χ1v) is 7.33. The molecule has 116 valence electrons. The number of pyridine rings is 2. The highest BCUT2D eigenvalue weighted by atomic mass is 19.1. The maximum absolute atomic E-state index is 13.2. The van der Waals surface area contributed by atoms with Gasteiger partial charge in [0.05, 0.1) is 0 Å². The molecule has 1 fully saturated rings. The lowest BCUT2D eigenvalue weighted by Gasteiger charge is -2.36. The van der Waals surface area contributed by atoms with Gasteiger partial charge in [0.1, 0.15) is 0 Å². The quantitative estimate of drug-likeness (QED) is 0.815. The average Bonchev–Trinajstić information content (AvgIpc) is 2.49. The van der Waals surface area contributed by atoms with Gasteiger partial charge in [-0.25, -0.2) is 0 Å². The Balaban J connectivity index is 1.62. The Bertz CT molecular complexity index is 634. The number of aromatic nitrogens is 2. The van der Waals surface area contributed by atoms with Crippen molar-refractivity contribution in [3.05, 3.63) is 53.6 Å². The molecule has 0 aliphatic carbocycles. The van der Waals surface area contributed by atoms with Crippen molar-refractivity contribution in [2.45, 2.75) is 13.5 Å². The highest BCUT2D eigenvalue weighted by Crippen LogP contribution is 2.19. The summed E-state index contributed by atoms with van der Waals surface area (Å²) in [6, 6.07) is 6.59. The number of aryl methyl sites for hydroxylation is 1. The largest absolute Gasteiger partial charge is 0.369 e. The highest BCUT2D eigenvalue weighted by Gasteiger charge is 2.19. The van der Waals surface area contributed by atoms with Crippen molar-refractivity contribution < 1.29 is 8.78 Å². The van der Waals surface area contributed by atoms with Gasteiger partial charge in [-0.2, -0.15) is 13.8 Å². The number of halogens is 2. The molecule has 2 aromatic rings. The summed E-state index contributed by atoms with van der Waals surface area (Å²) >= 11 is 0. The fourth-order valence-electron chi connectivity index (χ4n) is 2.72. The normalized spacial score (nSPS) is 16.0. The Morgan fingerprint density at radius 2 is 1.77 bits per heavy atom. The van der Waals surface area contributed by atoms with Gasteiger partial charge in [-0.1, -0.05) is 6.07 Å². The molecule has 22 heavy (non-hydrogen) atoms. The van der Waals surface area contributed by atoms with E-state index in [4.69, 9.17) is 0 Å². The standard InChI is InChI=1S/C16H18F2N4/c1-12-13(3-2-4-19-12)11-21-5-7-22(8-6-21)14-9-15(17)20-16(18)10-14/h2-4,9-10H,5-8,11H2,1H3. The summed E-state index contributed by atoms with van der Waals surface area (Å²) in [5.41, 5.74) is 2.82. The van der Waals surface area contributed by atoms with Crippen molar-refractivity contribution in [1.82, 2.24) is 14.9 Å². The molecule has 4 nitrogen and oxygen atoms in total. The van der Waals surface area contributed by atoms with Crippen LogP contribution in [0.5, 0.6) is 0 Å². The average molecular weight is 304 g/mol. The minimum absolute atomic E-state index is 0.558. The van der Waals surface area contributed by atoms with E-state index in [0.29, 0.717) is 5.69 Å². The van der Waals surface area contributed by atoms with E-state index in [1.165, 1.54) is 17.7 Å². The van der Waals surface area contributed by atoms with Gasteiger partial charge < -0.3 is 4.90 Å². The van der Waals surface area contributed by atoms with Gasteiger partial charge in [0.2, 0.25) is 11.9 Å². The van der Waals surface area contributed by atoms with E-state index in [9.17, 15) is 8.78 Å². The summed E-state index contributed by atoms with van der Waals surface area (Å²) in [6.45, 7) is 6.03. The maximum atomic E-state index is 13.2. The first kappa shape index (κ1) is 14.8. The Morgan fingerprint density at radius 3 is 2.41 bits per heavy atom. The number of piperazine rings is 1. The van der Waals surface area contributed by atoms with E-state index in [1.807, 2.05) is 17.9 Å². The molecule has 1 aliphatic rings. The van der Waals surface area contributed by atoms with Crippen LogP contribution in [-0.2, 0) is 6.54 Å². The van der Waals surface area contributed by atoms with Crippen LogP contribution in [-0.4, -0.2) is 41.0 Å². The number of hydrogen-bond donors (Lipinski definition) is 0. The molecular weight excluding hydrogens is 286 g/mol. The molecule has 3 rings (SSSR count). The zero-order valence-corrected chi connectivity index (χ0v) is 12.5. The van der Waals surface area contributed by atoms with E-state index in [2.05, 4.69) is 20.9 Å². The predicted molar refractivity (Wildman–Crippen MR) is 80.6 cm³/mol. The highest BCUT2D eigenvalue weighted by molar-refractivity contribution is 5.45. The molecule has 0 spiro atoms. The van der Waals surface area contributed by atoms with Crippen LogP contribution in [0, 0.1) is 18.8 Å². The lowest BCUT2D eigenvalue weighted by atomic mass is 10.1. The molecule has 0 N–H and O–H groups in total. The first-order chi connectivity index (χ1) is 10.6. The summed E-state index contributed by atoms with van der Waals surface area (Å²) in [5, 5.41) is 0. The summed E-state index contributed by atoms with van der Waals surface area (Å²) in [4.78, 5) is 11.7. The number of anilines is 1. The molecule has 0 aromatic carbocycles. The molecule has 1 saturated heterocycles. The second-order valence-corrected chi connectivity index (χ2v) is 5.48. The van der Waals surface area contributed by atoms with Gasteiger partial charge in [0.15, 0.2) is 0 Å². The first-order valence-electron chi connectivity index (χ1n) is 7.33. The Morgan fingerprint density at radius 1 is 1.09 bits per heavy atom. The van der Waals surface area contributed by atoms with E-state index in [-0.39, 0.29) is 0 Å². The van der Waals surface area contributed by atoms with Crippen molar-refractivity contribution in [3.63, 3.8) is 0 Å². The fourth-order valence-corrected chi connectivity index (χ4v) is 2.72. The molecular formula is C16H18F2N4. The molecule has 0 unspecified atom stereocenters. The number of nitrogens with zero attached hydrogens (tertiary/aromatic N) is 4. The number of rotatable bonds is 3. The van der Waals surface area contributed by atoms with E-state index < -0.39 is 11.9 Å². The second-order valence-electron chi connectivity index (χ2n) is 5.48. The van der Waals surface area contributed by atoms with Crippen LogP contribution in [0.1, 0.15) is 11.3 Å². The Labute approximate surface area is 128 Å². The van der Waals surface area contributed by atoms with Gasteiger partial charge in [-0.3, -0.25) is 9.88 Å². The van der Waals surface area contributed by atoms with Crippen LogP contribution in [0.3, 0.4) is 0 Å². The molecule has 6 heteroatoms. The van der Waals surface area contributed by atoms with Crippen LogP contribution in [0.4, 0.5) is 14.5 Å². The smallest absolute Gasteiger partial charge is 0.217 e. The van der Waals surface area contributed by atoms with Gasteiger partial charge in [-0.15, -0.1) is 0 Å². The number of hydrogen-bond acceptors (Lipinski definition) is 4. The molecule has 0 saturated carbocycles. The topological polar surface area (TPSA) is 32.3 Å². The predicted octanol–water partition coefficient (Wildman–Crippen LogP) is 2.39. The van der Waals surface area contributed by atoms with Crippen molar-refractivity contribution in [2.75, 3.05) is 31.1 Å². The summed E-state index contributed by atoms with van der Waals surface area (Å²) in [6.07, 6.45) is 1.79. The lowest BCUT2D eigenvalue weighted by Crippen LogP contribution is -2.46. The van der Waals surface area contributed by atoms with Crippen molar-refractivity contribution in [2.24, 2.45) is 0 Å². The van der Waals surface area contributed by atoms with Crippen LogP contribution in [0.25, 0.3) is 0 Å². The van der Waals surface area contributed by atoms with Crippen LogP contribution < -0.4 is 4.90 Å². The van der Waals surface area contributed by atoms with E-state index in [0.717, 1.165) is 38.4 Å². The zero-order chi connectivity index (χ0) is 15.5. The SMILES string of the molecule is Cc1ncccc1CN1CCN(c2cc(F)nc(F)c2)CC1.